The molecule has 0 aliphatic heterocycles. The molecule has 0 spiro atoms. The molecular weight excluding hydrogens is 470 g/mol. The third-order valence-corrected chi connectivity index (χ3v) is 6.65. The number of rotatable bonds is 17. The van der Waals surface area contributed by atoms with Gasteiger partial charge >= 0.3 is 0 Å². The second kappa shape index (κ2) is 15.6. The number of ether oxygens (including phenoxy) is 2. The van der Waals surface area contributed by atoms with Crippen molar-refractivity contribution in [3.8, 4) is 11.5 Å². The summed E-state index contributed by atoms with van der Waals surface area (Å²) in [5.74, 6) is 1.57. The van der Waals surface area contributed by atoms with Gasteiger partial charge in [0, 0.05) is 12.3 Å². The number of benzene rings is 3. The van der Waals surface area contributed by atoms with E-state index in [1.54, 1.807) is 0 Å². The highest BCUT2D eigenvalue weighted by Crippen LogP contribution is 2.25. The summed E-state index contributed by atoms with van der Waals surface area (Å²) in [5.41, 5.74) is 4.40. The Labute approximate surface area is 227 Å². The van der Waals surface area contributed by atoms with E-state index in [0.29, 0.717) is 19.8 Å². The topological polar surface area (TPSA) is 49.2 Å². The summed E-state index contributed by atoms with van der Waals surface area (Å²) < 4.78 is 14.2. The molecule has 5 nitrogen and oxygen atoms in total. The van der Waals surface area contributed by atoms with E-state index >= 15 is 0 Å². The lowest BCUT2D eigenvalue weighted by Crippen LogP contribution is -2.03. The number of nitrogens with zero attached hydrogens (tertiary/aromatic N) is 3. The van der Waals surface area contributed by atoms with Gasteiger partial charge in [0.25, 0.3) is 0 Å². The molecule has 1 aromatic heterocycles. The van der Waals surface area contributed by atoms with Crippen molar-refractivity contribution in [3.63, 3.8) is 0 Å². The predicted octanol–water partition coefficient (Wildman–Crippen LogP) is 8.17. The minimum Gasteiger partial charge on any atom is -0.489 e. The van der Waals surface area contributed by atoms with Gasteiger partial charge in [0.1, 0.15) is 24.7 Å². The van der Waals surface area contributed by atoms with E-state index in [1.165, 1.54) is 51.4 Å². The Morgan fingerprint density at radius 3 is 1.76 bits per heavy atom. The Hall–Kier alpha value is -3.60. The van der Waals surface area contributed by atoms with E-state index < -0.39 is 0 Å². The molecule has 0 bridgehead atoms. The van der Waals surface area contributed by atoms with Gasteiger partial charge in [0.15, 0.2) is 0 Å². The zero-order chi connectivity index (χ0) is 26.3. The van der Waals surface area contributed by atoms with Crippen LogP contribution in [-0.4, -0.2) is 15.0 Å². The second-order valence-electron chi connectivity index (χ2n) is 9.99. The first kappa shape index (κ1) is 27.4. The SMILES string of the molecule is CCCCCCCCCCc1cn(Cc2cc(OCc3ccccc3)cc(OCc3ccccc3)c2)nn1. The minimum absolute atomic E-state index is 0.508. The molecule has 0 aliphatic carbocycles. The van der Waals surface area contributed by atoms with Crippen molar-refractivity contribution in [1.82, 2.24) is 15.0 Å². The first-order chi connectivity index (χ1) is 18.8. The summed E-state index contributed by atoms with van der Waals surface area (Å²) >= 11 is 0. The third-order valence-electron chi connectivity index (χ3n) is 6.65. The lowest BCUT2D eigenvalue weighted by molar-refractivity contribution is 0.289. The number of unbranched alkanes of at least 4 members (excludes halogenated alkanes) is 7. The first-order valence-electron chi connectivity index (χ1n) is 14.1. The Morgan fingerprint density at radius 2 is 1.18 bits per heavy atom. The maximum absolute atomic E-state index is 6.15. The fourth-order valence-electron chi connectivity index (χ4n) is 4.53. The monoisotopic (exact) mass is 511 g/mol. The zero-order valence-corrected chi connectivity index (χ0v) is 22.7. The highest BCUT2D eigenvalue weighted by molar-refractivity contribution is 5.39. The second-order valence-corrected chi connectivity index (χ2v) is 9.99. The standard InChI is InChI=1S/C33H41N3O2/c1-2-3-4-5-6-7-8-15-20-31-25-36(35-34-31)24-30-21-32(37-26-28-16-11-9-12-17-28)23-33(22-30)38-27-29-18-13-10-14-19-29/h9-14,16-19,21-23,25H,2-8,15,20,24,26-27H2,1H3. The molecule has 0 saturated carbocycles. The molecular formula is C33H41N3O2. The van der Waals surface area contributed by atoms with Crippen LogP contribution in [0.5, 0.6) is 11.5 Å². The van der Waals surface area contributed by atoms with Crippen LogP contribution in [0.2, 0.25) is 0 Å². The van der Waals surface area contributed by atoms with E-state index in [1.807, 2.05) is 47.1 Å². The van der Waals surface area contributed by atoms with Crippen molar-refractivity contribution in [2.24, 2.45) is 0 Å². The molecule has 38 heavy (non-hydrogen) atoms. The van der Waals surface area contributed by atoms with Crippen LogP contribution in [0.4, 0.5) is 0 Å². The van der Waals surface area contributed by atoms with Crippen molar-refractivity contribution in [1.29, 1.82) is 0 Å². The van der Waals surface area contributed by atoms with E-state index in [9.17, 15) is 0 Å². The molecule has 0 amide bonds. The predicted molar refractivity (Wildman–Crippen MR) is 153 cm³/mol. The van der Waals surface area contributed by atoms with Gasteiger partial charge in [-0.1, -0.05) is 118 Å². The molecule has 0 atom stereocenters. The third kappa shape index (κ3) is 9.70. The Bertz CT molecular complexity index is 1130. The summed E-state index contributed by atoms with van der Waals surface area (Å²) in [5, 5.41) is 8.81. The molecule has 0 saturated heterocycles. The molecule has 4 rings (SSSR count). The van der Waals surface area contributed by atoms with E-state index in [4.69, 9.17) is 9.47 Å². The molecule has 1 heterocycles. The van der Waals surface area contributed by atoms with Crippen LogP contribution in [-0.2, 0) is 26.2 Å². The van der Waals surface area contributed by atoms with Crippen LogP contribution in [0.25, 0.3) is 0 Å². The highest BCUT2D eigenvalue weighted by Gasteiger charge is 2.08. The quantitative estimate of drug-likeness (QED) is 0.134. The summed E-state index contributed by atoms with van der Waals surface area (Å²) in [4.78, 5) is 0. The molecule has 0 N–H and O–H groups in total. The molecule has 5 heteroatoms. The number of aryl methyl sites for hydroxylation is 1. The van der Waals surface area contributed by atoms with E-state index in [-0.39, 0.29) is 0 Å². The number of hydrogen-bond donors (Lipinski definition) is 0. The van der Waals surface area contributed by atoms with Gasteiger partial charge in [-0.05, 0) is 41.7 Å². The van der Waals surface area contributed by atoms with Gasteiger partial charge in [-0.2, -0.15) is 0 Å². The van der Waals surface area contributed by atoms with Gasteiger partial charge in [-0.3, -0.25) is 0 Å². The van der Waals surface area contributed by atoms with Crippen molar-refractivity contribution in [2.45, 2.75) is 84.5 Å². The summed E-state index contributed by atoms with van der Waals surface area (Å²) in [7, 11) is 0. The number of aromatic nitrogens is 3. The maximum atomic E-state index is 6.15. The van der Waals surface area contributed by atoms with Crippen molar-refractivity contribution >= 4 is 0 Å². The lowest BCUT2D eigenvalue weighted by Gasteiger charge is -2.13. The van der Waals surface area contributed by atoms with Gasteiger partial charge in [0.2, 0.25) is 0 Å². The highest BCUT2D eigenvalue weighted by atomic mass is 16.5. The fraction of sp³-hybridized carbons (Fsp3) is 0.394. The van der Waals surface area contributed by atoms with Crippen LogP contribution in [0.1, 0.15) is 80.7 Å². The van der Waals surface area contributed by atoms with Crippen molar-refractivity contribution < 1.29 is 9.47 Å². The average molecular weight is 512 g/mol. The van der Waals surface area contributed by atoms with Gasteiger partial charge < -0.3 is 9.47 Å². The fourth-order valence-corrected chi connectivity index (χ4v) is 4.53. The van der Waals surface area contributed by atoms with Gasteiger partial charge in [0.05, 0.1) is 12.2 Å². The van der Waals surface area contributed by atoms with Gasteiger partial charge in [-0.15, -0.1) is 5.10 Å². The van der Waals surface area contributed by atoms with Crippen LogP contribution in [0.15, 0.2) is 85.1 Å². The Kier molecular flexibility index (Phi) is 11.3. The molecule has 0 radical (unpaired) electrons. The van der Waals surface area contributed by atoms with Crippen molar-refractivity contribution in [3.05, 3.63) is 107 Å². The molecule has 0 aliphatic rings. The minimum atomic E-state index is 0.508. The maximum Gasteiger partial charge on any atom is 0.123 e. The summed E-state index contributed by atoms with van der Waals surface area (Å²) in [6.07, 6.45) is 13.6. The normalized spacial score (nSPS) is 11.0. The van der Waals surface area contributed by atoms with E-state index in [0.717, 1.165) is 40.3 Å². The molecule has 0 fully saturated rings. The smallest absolute Gasteiger partial charge is 0.123 e. The average Bonchev–Trinajstić information content (AvgIpc) is 3.40. The Balaban J connectivity index is 1.34. The lowest BCUT2D eigenvalue weighted by atomic mass is 10.1. The first-order valence-corrected chi connectivity index (χ1v) is 14.1. The van der Waals surface area contributed by atoms with E-state index in [2.05, 4.69) is 59.8 Å². The zero-order valence-electron chi connectivity index (χ0n) is 22.7. The Morgan fingerprint density at radius 1 is 0.632 bits per heavy atom. The molecule has 4 aromatic rings. The molecule has 0 unspecified atom stereocenters. The van der Waals surface area contributed by atoms with Crippen LogP contribution in [0.3, 0.4) is 0 Å². The molecule has 3 aromatic carbocycles. The largest absolute Gasteiger partial charge is 0.489 e. The van der Waals surface area contributed by atoms with Gasteiger partial charge in [-0.25, -0.2) is 4.68 Å². The van der Waals surface area contributed by atoms with Crippen LogP contribution in [0, 0.1) is 0 Å². The van der Waals surface area contributed by atoms with Crippen LogP contribution >= 0.6 is 0 Å². The number of hydrogen-bond acceptors (Lipinski definition) is 4. The summed E-state index contributed by atoms with van der Waals surface area (Å²) in [6, 6.07) is 26.5. The summed E-state index contributed by atoms with van der Waals surface area (Å²) in [6.45, 7) is 3.90. The molecule has 200 valence electrons. The van der Waals surface area contributed by atoms with Crippen molar-refractivity contribution in [2.75, 3.05) is 0 Å². The van der Waals surface area contributed by atoms with Crippen LogP contribution < -0.4 is 9.47 Å².